The lowest BCUT2D eigenvalue weighted by atomic mass is 10.0. The lowest BCUT2D eigenvalue weighted by molar-refractivity contribution is -0.136. The highest BCUT2D eigenvalue weighted by atomic mass is 19.4. The summed E-state index contributed by atoms with van der Waals surface area (Å²) in [4.78, 5) is 0. The van der Waals surface area contributed by atoms with Crippen molar-refractivity contribution in [2.75, 3.05) is 0 Å². The van der Waals surface area contributed by atoms with E-state index in [0.29, 0.717) is 17.1 Å². The summed E-state index contributed by atoms with van der Waals surface area (Å²) in [7, 11) is 0. The molecular weight excluding hydrogens is 221 g/mol. The van der Waals surface area contributed by atoms with Crippen molar-refractivity contribution in [3.63, 3.8) is 0 Å². The second-order valence-corrected chi connectivity index (χ2v) is 3.89. The van der Waals surface area contributed by atoms with Gasteiger partial charge in [-0.2, -0.15) is 13.2 Å². The van der Waals surface area contributed by atoms with Gasteiger partial charge in [0, 0.05) is 12.0 Å². The first-order chi connectivity index (χ1) is 7.29. The van der Waals surface area contributed by atoms with E-state index in [-0.39, 0.29) is 12.8 Å². The van der Waals surface area contributed by atoms with E-state index in [1.807, 2.05) is 0 Å². The Morgan fingerprint density at radius 3 is 2.44 bits per heavy atom. The van der Waals surface area contributed by atoms with Crippen LogP contribution in [0.5, 0.6) is 0 Å². The summed E-state index contributed by atoms with van der Waals surface area (Å²) in [5.74, 6) is 1.22. The molecule has 0 radical (unpaired) electrons. The number of hydrogen-bond donors (Lipinski definition) is 1. The molecule has 0 saturated carbocycles. The van der Waals surface area contributed by atoms with Crippen LogP contribution in [0.25, 0.3) is 0 Å². The first-order valence-corrected chi connectivity index (χ1v) is 5.11. The van der Waals surface area contributed by atoms with Crippen molar-refractivity contribution >= 4 is 0 Å². The van der Waals surface area contributed by atoms with Crippen molar-refractivity contribution in [1.29, 1.82) is 0 Å². The number of aliphatic hydroxyl groups excluding tert-OH is 1. The van der Waals surface area contributed by atoms with Gasteiger partial charge in [-0.3, -0.25) is 0 Å². The number of aliphatic hydroxyl groups is 1. The lowest BCUT2D eigenvalue weighted by Crippen LogP contribution is -2.08. The molecule has 92 valence electrons. The van der Waals surface area contributed by atoms with Gasteiger partial charge in [-0.05, 0) is 32.8 Å². The van der Waals surface area contributed by atoms with Crippen molar-refractivity contribution in [3.8, 4) is 0 Å². The van der Waals surface area contributed by atoms with Crippen LogP contribution >= 0.6 is 0 Å². The van der Waals surface area contributed by atoms with Gasteiger partial charge in [-0.25, -0.2) is 0 Å². The smallest absolute Gasteiger partial charge is 0.389 e. The zero-order valence-electron chi connectivity index (χ0n) is 9.27. The molecule has 1 N–H and O–H groups in total. The van der Waals surface area contributed by atoms with Crippen molar-refractivity contribution in [3.05, 3.63) is 23.2 Å². The number of aryl methyl sites for hydroxylation is 2. The fourth-order valence-electron chi connectivity index (χ4n) is 1.63. The van der Waals surface area contributed by atoms with Gasteiger partial charge >= 0.3 is 6.18 Å². The van der Waals surface area contributed by atoms with Crippen molar-refractivity contribution in [2.24, 2.45) is 0 Å². The quantitative estimate of drug-likeness (QED) is 0.865. The topological polar surface area (TPSA) is 33.4 Å². The number of rotatable bonds is 4. The highest BCUT2D eigenvalue weighted by molar-refractivity contribution is 5.22. The molecule has 16 heavy (non-hydrogen) atoms. The minimum absolute atomic E-state index is 0.0751. The van der Waals surface area contributed by atoms with Gasteiger partial charge in [-0.15, -0.1) is 0 Å². The molecule has 0 aliphatic rings. The molecule has 1 unspecified atom stereocenters. The van der Waals surface area contributed by atoms with Crippen molar-refractivity contribution < 1.29 is 22.7 Å². The lowest BCUT2D eigenvalue weighted by Gasteiger charge is -2.10. The Kier molecular flexibility index (Phi) is 4.02. The number of hydrogen-bond acceptors (Lipinski definition) is 2. The Balaban J connectivity index is 2.47. The molecule has 0 aliphatic carbocycles. The summed E-state index contributed by atoms with van der Waals surface area (Å²) in [5, 5.41) is 9.68. The van der Waals surface area contributed by atoms with Crippen LogP contribution in [-0.4, -0.2) is 11.3 Å². The van der Waals surface area contributed by atoms with Crippen LogP contribution < -0.4 is 0 Å². The molecule has 0 fully saturated rings. The van der Waals surface area contributed by atoms with Gasteiger partial charge in [0.1, 0.15) is 11.5 Å². The maximum atomic E-state index is 11.9. The predicted octanol–water partition coefficient (Wildman–Crippen LogP) is 3.66. The third-order valence-electron chi connectivity index (χ3n) is 2.38. The van der Waals surface area contributed by atoms with Crippen LogP contribution in [0.15, 0.2) is 10.5 Å². The molecule has 1 aromatic rings. The van der Waals surface area contributed by atoms with Gasteiger partial charge in [0.25, 0.3) is 0 Å². The van der Waals surface area contributed by atoms with Crippen LogP contribution in [0.4, 0.5) is 13.2 Å². The summed E-state index contributed by atoms with van der Waals surface area (Å²) in [5.41, 5.74) is 0.583. The fourth-order valence-corrected chi connectivity index (χ4v) is 1.63. The third kappa shape index (κ3) is 3.89. The average molecular weight is 236 g/mol. The van der Waals surface area contributed by atoms with E-state index >= 15 is 0 Å². The molecule has 0 bridgehead atoms. The van der Waals surface area contributed by atoms with Gasteiger partial charge in [0.05, 0.1) is 6.10 Å². The van der Waals surface area contributed by atoms with E-state index in [4.69, 9.17) is 4.42 Å². The Hall–Kier alpha value is -0.970. The molecular formula is C11H15F3O2. The largest absolute Gasteiger partial charge is 0.466 e. The maximum Gasteiger partial charge on any atom is 0.389 e. The van der Waals surface area contributed by atoms with Crippen LogP contribution in [0.2, 0.25) is 0 Å². The van der Waals surface area contributed by atoms with E-state index in [2.05, 4.69) is 0 Å². The molecule has 0 spiro atoms. The number of halogens is 3. The zero-order chi connectivity index (χ0) is 12.3. The third-order valence-corrected chi connectivity index (χ3v) is 2.38. The van der Waals surface area contributed by atoms with Crippen LogP contribution in [0, 0.1) is 13.8 Å². The van der Waals surface area contributed by atoms with E-state index in [1.54, 1.807) is 19.9 Å². The summed E-state index contributed by atoms with van der Waals surface area (Å²) in [6.45, 7) is 3.42. The summed E-state index contributed by atoms with van der Waals surface area (Å²) in [6.07, 6.45) is -5.87. The molecule has 2 nitrogen and oxygen atoms in total. The van der Waals surface area contributed by atoms with Gasteiger partial charge < -0.3 is 9.52 Å². The standard InChI is InChI=1S/C11H15F3O2/c1-7-6-9(8(2)16-7)10(15)4-3-5-11(12,13)14/h6,10,15H,3-5H2,1-2H3. The monoisotopic (exact) mass is 236 g/mol. The summed E-state index contributed by atoms with van der Waals surface area (Å²) >= 11 is 0. The number of furan rings is 1. The molecule has 1 atom stereocenters. The number of alkyl halides is 3. The van der Waals surface area contributed by atoms with E-state index in [0.717, 1.165) is 0 Å². The molecule has 1 aromatic heterocycles. The minimum atomic E-state index is -4.15. The van der Waals surface area contributed by atoms with Gasteiger partial charge in [0.15, 0.2) is 0 Å². The van der Waals surface area contributed by atoms with Crippen molar-refractivity contribution in [2.45, 2.75) is 45.4 Å². The second-order valence-electron chi connectivity index (χ2n) is 3.89. The molecule has 0 amide bonds. The summed E-state index contributed by atoms with van der Waals surface area (Å²) < 4.78 is 40.9. The first-order valence-electron chi connectivity index (χ1n) is 5.11. The maximum absolute atomic E-state index is 11.9. The molecule has 1 heterocycles. The fraction of sp³-hybridized carbons (Fsp3) is 0.636. The molecule has 5 heteroatoms. The highest BCUT2D eigenvalue weighted by Crippen LogP contribution is 2.28. The molecule has 0 aliphatic heterocycles. The Bertz CT molecular complexity index is 341. The highest BCUT2D eigenvalue weighted by Gasteiger charge is 2.27. The predicted molar refractivity (Wildman–Crippen MR) is 53.0 cm³/mol. The van der Waals surface area contributed by atoms with Crippen molar-refractivity contribution in [1.82, 2.24) is 0 Å². The Morgan fingerprint density at radius 1 is 1.38 bits per heavy atom. The van der Waals surface area contributed by atoms with Crippen LogP contribution in [-0.2, 0) is 0 Å². The van der Waals surface area contributed by atoms with E-state index < -0.39 is 18.7 Å². The van der Waals surface area contributed by atoms with Crippen LogP contribution in [0.3, 0.4) is 0 Å². The van der Waals surface area contributed by atoms with Gasteiger partial charge in [-0.1, -0.05) is 0 Å². The Morgan fingerprint density at radius 2 is 2.00 bits per heavy atom. The van der Waals surface area contributed by atoms with Crippen LogP contribution in [0.1, 0.15) is 42.5 Å². The van der Waals surface area contributed by atoms with E-state index in [9.17, 15) is 18.3 Å². The normalized spacial score (nSPS) is 14.1. The minimum Gasteiger partial charge on any atom is -0.466 e. The Labute approximate surface area is 92.1 Å². The second kappa shape index (κ2) is 4.91. The zero-order valence-corrected chi connectivity index (χ0v) is 9.27. The SMILES string of the molecule is Cc1cc(C(O)CCCC(F)(F)F)c(C)o1. The first kappa shape index (κ1) is 13.1. The average Bonchev–Trinajstić information content (AvgIpc) is 2.43. The summed E-state index contributed by atoms with van der Waals surface area (Å²) in [6, 6.07) is 1.66. The van der Waals surface area contributed by atoms with Gasteiger partial charge in [0.2, 0.25) is 0 Å². The van der Waals surface area contributed by atoms with E-state index in [1.165, 1.54) is 0 Å². The molecule has 1 rings (SSSR count). The molecule has 0 saturated heterocycles. The molecule has 0 aromatic carbocycles.